The van der Waals surface area contributed by atoms with Gasteiger partial charge in [0.05, 0.1) is 25.0 Å². The third-order valence-corrected chi connectivity index (χ3v) is 7.19. The van der Waals surface area contributed by atoms with Crippen LogP contribution in [0.15, 0.2) is 48.5 Å². The maximum atomic E-state index is 14.2. The molecule has 2 heterocycles. The van der Waals surface area contributed by atoms with Crippen molar-refractivity contribution in [1.82, 2.24) is 9.69 Å². The van der Waals surface area contributed by atoms with Gasteiger partial charge in [0.15, 0.2) is 5.69 Å². The van der Waals surface area contributed by atoms with Gasteiger partial charge in [-0.15, -0.1) is 0 Å². The number of ether oxygens (including phenoxy) is 3. The van der Waals surface area contributed by atoms with E-state index in [0.717, 1.165) is 24.4 Å². The molecule has 0 aliphatic carbocycles. The van der Waals surface area contributed by atoms with Crippen LogP contribution in [-0.4, -0.2) is 54.6 Å². The number of nitrogens with zero attached hydrogens (tertiary/aromatic N) is 2. The quantitative estimate of drug-likeness (QED) is 0.301. The van der Waals surface area contributed by atoms with Gasteiger partial charge >= 0.3 is 0 Å². The Morgan fingerprint density at radius 1 is 1.07 bits per heavy atom. The Morgan fingerprint density at radius 2 is 1.70 bits per heavy atom. The second-order valence-corrected chi connectivity index (χ2v) is 9.80. The fraction of sp³-hybridized carbons (Fsp3) is 0.357. The third-order valence-electron chi connectivity index (χ3n) is 6.34. The molecule has 0 saturated carbocycles. The number of aromatic nitrogens is 1. The highest BCUT2D eigenvalue weighted by Crippen LogP contribution is 2.34. The number of nitrogens with two attached hydrogens (primary N) is 2. The average Bonchev–Trinajstić information content (AvgIpc) is 3.61. The topological polar surface area (TPSA) is 159 Å². The molecule has 1 saturated heterocycles. The number of primary amides is 1. The fourth-order valence-electron chi connectivity index (χ4n) is 4.44. The van der Waals surface area contributed by atoms with Gasteiger partial charge in [-0.3, -0.25) is 19.3 Å². The molecule has 1 aliphatic heterocycles. The first-order valence-electron chi connectivity index (χ1n) is 13.1. The predicted molar refractivity (Wildman–Crippen MR) is 152 cm³/mol. The number of anilines is 2. The van der Waals surface area contributed by atoms with Crippen LogP contribution in [0.2, 0.25) is 0 Å². The molecule has 2 atom stereocenters. The number of nitrogens with one attached hydrogen (secondary N) is 1. The minimum atomic E-state index is -1.11. The standard InChI is InChI=1S/C28H33N5O6S/c1-3-37-19-11-7-17(8-12-19)24(27(35)31-16-21-6-5-15-39-21)33(18-9-13-20(14-10-18)38-4-2)28(36)25-22(29)23(26(30)34)32-40-25/h7-14,21,24H,3-6,15-16,29H2,1-2H3,(H2,30,34)(H,31,35)/t21-,24+/m0/s1. The number of amides is 3. The molecular weight excluding hydrogens is 534 g/mol. The van der Waals surface area contributed by atoms with E-state index in [1.165, 1.54) is 4.90 Å². The summed E-state index contributed by atoms with van der Waals surface area (Å²) in [4.78, 5) is 41.2. The zero-order valence-corrected chi connectivity index (χ0v) is 23.2. The molecular formula is C28H33N5O6S. The Kier molecular flexibility index (Phi) is 9.56. The molecule has 0 radical (unpaired) electrons. The normalized spacial score (nSPS) is 15.3. The number of benzene rings is 2. The van der Waals surface area contributed by atoms with Gasteiger partial charge in [-0.05, 0) is 80.2 Å². The van der Waals surface area contributed by atoms with Gasteiger partial charge < -0.3 is 31.0 Å². The zero-order valence-electron chi connectivity index (χ0n) is 22.4. The summed E-state index contributed by atoms with van der Waals surface area (Å²) in [5.74, 6) is -0.648. The monoisotopic (exact) mass is 567 g/mol. The molecule has 0 spiro atoms. The molecule has 12 heteroatoms. The van der Waals surface area contributed by atoms with Crippen molar-refractivity contribution in [3.63, 3.8) is 0 Å². The number of nitrogen functional groups attached to an aromatic ring is 1. The van der Waals surface area contributed by atoms with Gasteiger partial charge in [0.1, 0.15) is 22.4 Å². The first kappa shape index (κ1) is 28.8. The Morgan fingerprint density at radius 3 is 2.23 bits per heavy atom. The molecule has 3 aromatic rings. The Bertz CT molecular complexity index is 1320. The molecule has 1 aromatic heterocycles. The molecule has 11 nitrogen and oxygen atoms in total. The highest BCUT2D eigenvalue weighted by atomic mass is 32.1. The lowest BCUT2D eigenvalue weighted by atomic mass is 10.0. The molecule has 1 fully saturated rings. The lowest BCUT2D eigenvalue weighted by Gasteiger charge is -2.31. The largest absolute Gasteiger partial charge is 0.494 e. The van der Waals surface area contributed by atoms with Crippen LogP contribution in [0.1, 0.15) is 58.5 Å². The van der Waals surface area contributed by atoms with Crippen molar-refractivity contribution in [2.45, 2.75) is 38.8 Å². The summed E-state index contributed by atoms with van der Waals surface area (Å²) in [6, 6.07) is 12.6. The number of carbonyl (C=O) groups excluding carboxylic acids is 3. The Balaban J connectivity index is 1.80. The van der Waals surface area contributed by atoms with Crippen molar-refractivity contribution >= 4 is 40.6 Å². The number of hydrogen-bond acceptors (Lipinski definition) is 9. The first-order valence-corrected chi connectivity index (χ1v) is 13.8. The van der Waals surface area contributed by atoms with E-state index in [1.54, 1.807) is 48.5 Å². The smallest absolute Gasteiger partial charge is 0.273 e. The Hall–Kier alpha value is -4.16. The third kappa shape index (κ3) is 6.52. The SMILES string of the molecule is CCOc1ccc([C@H](C(=O)NC[C@@H]2CCCO2)N(C(=O)c2snc(C(N)=O)c2N)c2ccc(OCC)cc2)cc1. The van der Waals surface area contributed by atoms with Gasteiger partial charge in [0, 0.05) is 18.8 Å². The van der Waals surface area contributed by atoms with Gasteiger partial charge in [-0.25, -0.2) is 0 Å². The summed E-state index contributed by atoms with van der Waals surface area (Å²) in [6.07, 6.45) is 1.66. The molecule has 1 aliphatic rings. The van der Waals surface area contributed by atoms with Crippen molar-refractivity contribution in [2.75, 3.05) is 37.0 Å². The highest BCUT2D eigenvalue weighted by Gasteiger charge is 2.36. The lowest BCUT2D eigenvalue weighted by molar-refractivity contribution is -0.123. The van der Waals surface area contributed by atoms with Crippen LogP contribution in [0, 0.1) is 0 Å². The summed E-state index contributed by atoms with van der Waals surface area (Å²) in [6.45, 7) is 5.64. The van der Waals surface area contributed by atoms with E-state index in [-0.39, 0.29) is 22.4 Å². The number of rotatable bonds is 12. The molecule has 40 heavy (non-hydrogen) atoms. The van der Waals surface area contributed by atoms with Crippen molar-refractivity contribution in [3.8, 4) is 11.5 Å². The van der Waals surface area contributed by atoms with Gasteiger partial charge in [-0.1, -0.05) is 12.1 Å². The summed E-state index contributed by atoms with van der Waals surface area (Å²) in [5, 5.41) is 2.96. The highest BCUT2D eigenvalue weighted by molar-refractivity contribution is 7.09. The molecule has 2 aromatic carbocycles. The molecule has 5 N–H and O–H groups in total. The summed E-state index contributed by atoms with van der Waals surface area (Å²) in [7, 11) is 0. The zero-order chi connectivity index (χ0) is 28.6. The van der Waals surface area contributed by atoms with Gasteiger partial charge in [0.25, 0.3) is 11.8 Å². The van der Waals surface area contributed by atoms with E-state index in [4.69, 9.17) is 25.7 Å². The minimum Gasteiger partial charge on any atom is -0.494 e. The van der Waals surface area contributed by atoms with Crippen molar-refractivity contribution < 1.29 is 28.6 Å². The second kappa shape index (κ2) is 13.3. The van der Waals surface area contributed by atoms with E-state index in [9.17, 15) is 14.4 Å². The van der Waals surface area contributed by atoms with Gasteiger partial charge in [0.2, 0.25) is 5.91 Å². The van der Waals surface area contributed by atoms with Crippen LogP contribution in [0.25, 0.3) is 0 Å². The van der Waals surface area contributed by atoms with E-state index in [1.807, 2.05) is 13.8 Å². The van der Waals surface area contributed by atoms with Crippen LogP contribution in [0.4, 0.5) is 11.4 Å². The Labute approximate surface area is 236 Å². The lowest BCUT2D eigenvalue weighted by Crippen LogP contribution is -2.45. The summed E-state index contributed by atoms with van der Waals surface area (Å²) < 4.78 is 20.8. The number of carbonyl (C=O) groups is 3. The van der Waals surface area contributed by atoms with E-state index in [0.29, 0.717) is 49.1 Å². The molecule has 3 amide bonds. The molecule has 212 valence electrons. The van der Waals surface area contributed by atoms with Crippen molar-refractivity contribution in [1.29, 1.82) is 0 Å². The van der Waals surface area contributed by atoms with E-state index in [2.05, 4.69) is 9.69 Å². The average molecular weight is 568 g/mol. The molecule has 0 unspecified atom stereocenters. The minimum absolute atomic E-state index is 0.00875. The predicted octanol–water partition coefficient (Wildman–Crippen LogP) is 3.30. The fourth-order valence-corrected chi connectivity index (χ4v) is 5.18. The van der Waals surface area contributed by atoms with E-state index < -0.39 is 23.8 Å². The van der Waals surface area contributed by atoms with Crippen LogP contribution in [0.5, 0.6) is 11.5 Å². The van der Waals surface area contributed by atoms with Crippen LogP contribution in [-0.2, 0) is 9.53 Å². The van der Waals surface area contributed by atoms with Crippen LogP contribution < -0.4 is 31.2 Å². The molecule has 0 bridgehead atoms. The maximum Gasteiger partial charge on any atom is 0.273 e. The summed E-state index contributed by atoms with van der Waals surface area (Å²) >= 11 is 0.751. The first-order chi connectivity index (χ1) is 19.3. The van der Waals surface area contributed by atoms with Crippen LogP contribution in [0.3, 0.4) is 0 Å². The number of hydrogen-bond donors (Lipinski definition) is 3. The van der Waals surface area contributed by atoms with Crippen molar-refractivity contribution in [3.05, 3.63) is 64.7 Å². The van der Waals surface area contributed by atoms with Gasteiger partial charge in [-0.2, -0.15) is 4.37 Å². The maximum absolute atomic E-state index is 14.2. The van der Waals surface area contributed by atoms with Crippen molar-refractivity contribution in [2.24, 2.45) is 5.73 Å². The van der Waals surface area contributed by atoms with Crippen LogP contribution >= 0.6 is 11.5 Å². The van der Waals surface area contributed by atoms with E-state index >= 15 is 0 Å². The molecule has 4 rings (SSSR count). The second-order valence-electron chi connectivity index (χ2n) is 9.03. The summed E-state index contributed by atoms with van der Waals surface area (Å²) in [5.41, 5.74) is 12.2.